The summed E-state index contributed by atoms with van der Waals surface area (Å²) in [5, 5.41) is 8.69. The van der Waals surface area contributed by atoms with E-state index in [4.69, 9.17) is 5.11 Å². The van der Waals surface area contributed by atoms with Crippen molar-refractivity contribution >= 4 is 16.9 Å². The third kappa shape index (κ3) is 1.43. The molecule has 0 radical (unpaired) electrons. The Balaban J connectivity index is 2.17. The number of aromatic nitrogens is 1. The van der Waals surface area contributed by atoms with Gasteiger partial charge >= 0.3 is 5.97 Å². The van der Waals surface area contributed by atoms with Gasteiger partial charge in [-0.25, -0.2) is 18.0 Å². The zero-order valence-corrected chi connectivity index (χ0v) is 11.2. The quantitative estimate of drug-likeness (QED) is 0.868. The Bertz CT molecular complexity index is 902. The van der Waals surface area contributed by atoms with Crippen LogP contribution in [0, 0.1) is 23.4 Å². The normalized spacial score (nSPS) is 25.7. The molecular formula is C15H10F3NO3. The highest BCUT2D eigenvalue weighted by molar-refractivity contribution is 5.93. The lowest BCUT2D eigenvalue weighted by atomic mass is 9.49. The van der Waals surface area contributed by atoms with Crippen molar-refractivity contribution in [1.82, 2.24) is 4.57 Å². The van der Waals surface area contributed by atoms with E-state index in [-0.39, 0.29) is 5.52 Å². The van der Waals surface area contributed by atoms with Crippen LogP contribution in [-0.2, 0) is 5.54 Å². The van der Waals surface area contributed by atoms with Crippen molar-refractivity contribution in [2.75, 3.05) is 0 Å². The monoisotopic (exact) mass is 309 g/mol. The molecule has 3 saturated carbocycles. The molecule has 1 aromatic heterocycles. The minimum atomic E-state index is -1.66. The minimum Gasteiger partial charge on any atom is -0.477 e. The fourth-order valence-electron chi connectivity index (χ4n) is 3.65. The number of carboxylic acid groups (broad SMARTS) is 1. The van der Waals surface area contributed by atoms with Crippen LogP contribution in [0.1, 0.15) is 29.6 Å². The molecule has 3 aliphatic carbocycles. The molecule has 2 bridgehead atoms. The summed E-state index contributed by atoms with van der Waals surface area (Å²) in [5.41, 5.74) is -2.41. The fraction of sp³-hybridized carbons (Fsp3) is 0.333. The number of nitrogens with zero attached hydrogens (tertiary/aromatic N) is 1. The van der Waals surface area contributed by atoms with E-state index in [9.17, 15) is 22.8 Å². The zero-order valence-electron chi connectivity index (χ0n) is 11.2. The Kier molecular flexibility index (Phi) is 2.37. The van der Waals surface area contributed by atoms with E-state index in [0.29, 0.717) is 12.0 Å². The molecule has 1 aromatic carbocycles. The molecule has 114 valence electrons. The highest BCUT2D eigenvalue weighted by Crippen LogP contribution is 2.62. The van der Waals surface area contributed by atoms with Crippen molar-refractivity contribution < 1.29 is 23.1 Å². The lowest BCUT2D eigenvalue weighted by molar-refractivity contribution is -0.0863. The molecule has 7 heteroatoms. The molecular weight excluding hydrogens is 299 g/mol. The van der Waals surface area contributed by atoms with Crippen LogP contribution in [0.4, 0.5) is 13.2 Å². The predicted octanol–water partition coefficient (Wildman–Crippen LogP) is 2.63. The first kappa shape index (κ1) is 13.4. The van der Waals surface area contributed by atoms with Gasteiger partial charge < -0.3 is 9.67 Å². The third-order valence-electron chi connectivity index (χ3n) is 4.87. The lowest BCUT2D eigenvalue weighted by Gasteiger charge is -2.63. The van der Waals surface area contributed by atoms with Crippen LogP contribution in [0.5, 0.6) is 0 Å². The number of hydrogen-bond acceptors (Lipinski definition) is 2. The Morgan fingerprint density at radius 3 is 2.36 bits per heavy atom. The van der Waals surface area contributed by atoms with E-state index in [1.807, 2.05) is 0 Å². The van der Waals surface area contributed by atoms with Gasteiger partial charge in [-0.1, -0.05) is 0 Å². The first-order valence-electron chi connectivity index (χ1n) is 6.81. The Morgan fingerprint density at radius 1 is 1.23 bits per heavy atom. The van der Waals surface area contributed by atoms with E-state index in [1.165, 1.54) is 4.57 Å². The van der Waals surface area contributed by atoms with Gasteiger partial charge in [0.1, 0.15) is 5.56 Å². The molecule has 0 amide bonds. The van der Waals surface area contributed by atoms with Crippen LogP contribution in [-0.4, -0.2) is 15.6 Å². The summed E-state index contributed by atoms with van der Waals surface area (Å²) < 4.78 is 42.6. The van der Waals surface area contributed by atoms with E-state index in [1.54, 1.807) is 0 Å². The van der Waals surface area contributed by atoms with Gasteiger partial charge in [0.05, 0.1) is 10.9 Å². The summed E-state index contributed by atoms with van der Waals surface area (Å²) in [6, 6.07) is 0.574. The van der Waals surface area contributed by atoms with Gasteiger partial charge in [0, 0.05) is 11.7 Å². The van der Waals surface area contributed by atoms with Crippen LogP contribution in [0.15, 0.2) is 17.1 Å². The van der Waals surface area contributed by atoms with Gasteiger partial charge in [-0.3, -0.25) is 4.79 Å². The van der Waals surface area contributed by atoms with Gasteiger partial charge in [0.2, 0.25) is 5.43 Å². The SMILES string of the molecule is O=C(O)c1cn(C23CC(C2)C3)c2c(F)c(F)c(F)cc2c1=O. The molecule has 5 rings (SSSR count). The molecule has 1 heterocycles. The Labute approximate surface area is 121 Å². The molecule has 0 unspecified atom stereocenters. The summed E-state index contributed by atoms with van der Waals surface area (Å²) in [5.74, 6) is -5.59. The second-order valence-corrected chi connectivity index (χ2v) is 6.13. The molecule has 3 fully saturated rings. The smallest absolute Gasteiger partial charge is 0.341 e. The van der Waals surface area contributed by atoms with E-state index >= 15 is 0 Å². The molecule has 0 aliphatic heterocycles. The van der Waals surface area contributed by atoms with Crippen LogP contribution >= 0.6 is 0 Å². The summed E-state index contributed by atoms with van der Waals surface area (Å²) in [7, 11) is 0. The number of pyridine rings is 1. The van der Waals surface area contributed by atoms with Gasteiger partial charge in [-0.05, 0) is 31.2 Å². The fourth-order valence-corrected chi connectivity index (χ4v) is 3.65. The molecule has 4 nitrogen and oxygen atoms in total. The number of benzene rings is 1. The van der Waals surface area contributed by atoms with Gasteiger partial charge in [0.15, 0.2) is 17.5 Å². The predicted molar refractivity (Wildman–Crippen MR) is 70.4 cm³/mol. The average Bonchev–Trinajstić information content (AvgIpc) is 2.35. The Morgan fingerprint density at radius 2 is 1.86 bits per heavy atom. The second kappa shape index (κ2) is 3.91. The van der Waals surface area contributed by atoms with Gasteiger partial charge in [-0.2, -0.15) is 0 Å². The lowest BCUT2D eigenvalue weighted by Crippen LogP contribution is -2.59. The van der Waals surface area contributed by atoms with E-state index < -0.39 is 45.3 Å². The first-order valence-corrected chi connectivity index (χ1v) is 6.81. The summed E-state index contributed by atoms with van der Waals surface area (Å²) in [6.07, 6.45) is 3.23. The maximum absolute atomic E-state index is 14.2. The van der Waals surface area contributed by atoms with Crippen molar-refractivity contribution in [3.05, 3.63) is 45.5 Å². The molecule has 3 aliphatic rings. The molecule has 1 N–H and O–H groups in total. The third-order valence-corrected chi connectivity index (χ3v) is 4.87. The molecule has 0 saturated heterocycles. The van der Waals surface area contributed by atoms with Crippen molar-refractivity contribution in [1.29, 1.82) is 0 Å². The highest BCUT2D eigenvalue weighted by atomic mass is 19.2. The zero-order chi connectivity index (χ0) is 15.8. The van der Waals surface area contributed by atoms with Crippen molar-refractivity contribution in [2.24, 2.45) is 5.92 Å². The topological polar surface area (TPSA) is 59.3 Å². The molecule has 0 spiro atoms. The van der Waals surface area contributed by atoms with Gasteiger partial charge in [0.25, 0.3) is 0 Å². The van der Waals surface area contributed by atoms with Crippen molar-refractivity contribution in [3.8, 4) is 0 Å². The van der Waals surface area contributed by atoms with Crippen LogP contribution in [0.3, 0.4) is 0 Å². The summed E-state index contributed by atoms with van der Waals surface area (Å²) in [4.78, 5) is 23.4. The number of fused-ring (bicyclic) bond motifs is 1. The number of hydrogen-bond donors (Lipinski definition) is 1. The number of carbonyl (C=O) groups is 1. The van der Waals surface area contributed by atoms with Crippen molar-refractivity contribution in [3.63, 3.8) is 0 Å². The average molecular weight is 309 g/mol. The highest BCUT2D eigenvalue weighted by Gasteiger charge is 2.58. The van der Waals surface area contributed by atoms with Crippen molar-refractivity contribution in [2.45, 2.75) is 24.8 Å². The number of carboxylic acids is 1. The Hall–Kier alpha value is -2.31. The second-order valence-electron chi connectivity index (χ2n) is 6.13. The molecule has 22 heavy (non-hydrogen) atoms. The molecule has 0 atom stereocenters. The minimum absolute atomic E-state index is 0.355. The van der Waals surface area contributed by atoms with E-state index in [0.717, 1.165) is 25.5 Å². The van der Waals surface area contributed by atoms with Crippen LogP contribution < -0.4 is 5.43 Å². The van der Waals surface area contributed by atoms with Crippen LogP contribution in [0.25, 0.3) is 10.9 Å². The summed E-state index contributed by atoms with van der Waals surface area (Å²) in [6.45, 7) is 0. The number of rotatable bonds is 2. The maximum atomic E-state index is 14.2. The summed E-state index contributed by atoms with van der Waals surface area (Å²) >= 11 is 0. The van der Waals surface area contributed by atoms with Gasteiger partial charge in [-0.15, -0.1) is 0 Å². The standard InChI is InChI=1S/C15H10F3NO3/c16-9-1-7-12(11(18)10(9)17)19(15-2-6(3-15)4-15)5-8(13(7)20)14(21)22/h1,5-6H,2-4H2,(H,21,22). The first-order chi connectivity index (χ1) is 10.3. The largest absolute Gasteiger partial charge is 0.477 e. The maximum Gasteiger partial charge on any atom is 0.341 e. The molecule has 2 aromatic rings. The van der Waals surface area contributed by atoms with E-state index in [2.05, 4.69) is 0 Å². The number of aromatic carboxylic acids is 1. The van der Waals surface area contributed by atoms with Crippen LogP contribution in [0.2, 0.25) is 0 Å². The number of halogens is 3.